The Morgan fingerprint density at radius 3 is 2.73 bits per heavy atom. The van der Waals surface area contributed by atoms with Crippen molar-refractivity contribution in [1.29, 1.82) is 0 Å². The van der Waals surface area contributed by atoms with E-state index in [1.807, 2.05) is 0 Å². The van der Waals surface area contributed by atoms with Crippen LogP contribution in [0.1, 0.15) is 26.7 Å². The van der Waals surface area contributed by atoms with E-state index in [0.717, 1.165) is 11.2 Å². The number of hydrogen-bond acceptors (Lipinski definition) is 2. The van der Waals surface area contributed by atoms with Gasteiger partial charge in [-0.2, -0.15) is 11.8 Å². The van der Waals surface area contributed by atoms with E-state index in [-0.39, 0.29) is 0 Å². The molecule has 2 heteroatoms. The first-order chi connectivity index (χ1) is 5.33. The molecular weight excluding hydrogens is 154 g/mol. The highest BCUT2D eigenvalue weighted by Crippen LogP contribution is 2.20. The van der Waals surface area contributed by atoms with E-state index < -0.39 is 0 Å². The molecule has 1 aliphatic heterocycles. The zero-order chi connectivity index (χ0) is 8.10. The summed E-state index contributed by atoms with van der Waals surface area (Å²) in [6.07, 6.45) is 2.71. The summed E-state index contributed by atoms with van der Waals surface area (Å²) in [4.78, 5) is 0. The average Bonchev–Trinajstić information content (AvgIpc) is 1.85. The highest BCUT2D eigenvalue weighted by molar-refractivity contribution is 7.99. The van der Waals surface area contributed by atoms with Gasteiger partial charge in [0.15, 0.2) is 0 Å². The van der Waals surface area contributed by atoms with Crippen LogP contribution in [-0.2, 0) is 0 Å². The Bertz CT molecular complexity index is 102. The Morgan fingerprint density at radius 2 is 2.27 bits per heavy atom. The van der Waals surface area contributed by atoms with Crippen LogP contribution in [0, 0.1) is 5.92 Å². The fourth-order valence-electron chi connectivity index (χ4n) is 1.26. The molecule has 1 aliphatic rings. The molecule has 11 heavy (non-hydrogen) atoms. The lowest BCUT2D eigenvalue weighted by Gasteiger charge is -2.27. The van der Waals surface area contributed by atoms with Crippen LogP contribution in [0.25, 0.3) is 0 Å². The predicted octanol–water partition coefficient (Wildman–Crippen LogP) is 2.13. The molecule has 0 aromatic carbocycles. The molecule has 1 rings (SSSR count). The third-order valence-corrected chi connectivity index (χ3v) is 3.65. The highest BCUT2D eigenvalue weighted by atomic mass is 32.2. The van der Waals surface area contributed by atoms with E-state index in [1.165, 1.54) is 31.7 Å². The van der Waals surface area contributed by atoms with Gasteiger partial charge in [0, 0.05) is 5.25 Å². The molecule has 1 nitrogen and oxygen atoms in total. The van der Waals surface area contributed by atoms with Crippen LogP contribution in [0.2, 0.25) is 0 Å². The van der Waals surface area contributed by atoms with Crippen molar-refractivity contribution in [3.63, 3.8) is 0 Å². The van der Waals surface area contributed by atoms with Gasteiger partial charge in [-0.05, 0) is 31.2 Å². The summed E-state index contributed by atoms with van der Waals surface area (Å²) in [6.45, 7) is 7.12. The second kappa shape index (κ2) is 5.04. The van der Waals surface area contributed by atoms with Gasteiger partial charge < -0.3 is 5.32 Å². The lowest BCUT2D eigenvalue weighted by molar-refractivity contribution is 0.385. The lowest BCUT2D eigenvalue weighted by atomic mass is 10.1. The highest BCUT2D eigenvalue weighted by Gasteiger charge is 2.17. The third-order valence-electron chi connectivity index (χ3n) is 2.18. The van der Waals surface area contributed by atoms with Gasteiger partial charge in [0.1, 0.15) is 0 Å². The summed E-state index contributed by atoms with van der Waals surface area (Å²) >= 11 is 2.14. The van der Waals surface area contributed by atoms with Crippen molar-refractivity contribution in [2.24, 2.45) is 5.92 Å². The van der Waals surface area contributed by atoms with Crippen LogP contribution in [0.5, 0.6) is 0 Å². The molecule has 0 aromatic heterocycles. The Morgan fingerprint density at radius 1 is 1.55 bits per heavy atom. The molecule has 1 saturated heterocycles. The zero-order valence-corrected chi connectivity index (χ0v) is 8.41. The largest absolute Gasteiger partial charge is 0.316 e. The van der Waals surface area contributed by atoms with Crippen molar-refractivity contribution < 1.29 is 0 Å². The van der Waals surface area contributed by atoms with E-state index >= 15 is 0 Å². The van der Waals surface area contributed by atoms with Crippen LogP contribution in [0.3, 0.4) is 0 Å². The minimum absolute atomic E-state index is 0.876. The number of thioether (sulfide) groups is 1. The minimum atomic E-state index is 0.876. The van der Waals surface area contributed by atoms with E-state index in [1.54, 1.807) is 0 Å². The molecule has 0 amide bonds. The molecule has 0 spiro atoms. The smallest absolute Gasteiger partial charge is 0.00187 e. The third kappa shape index (κ3) is 3.48. The summed E-state index contributed by atoms with van der Waals surface area (Å²) in [6, 6.07) is 0. The van der Waals surface area contributed by atoms with E-state index in [4.69, 9.17) is 0 Å². The zero-order valence-electron chi connectivity index (χ0n) is 7.60. The first kappa shape index (κ1) is 9.40. The maximum Gasteiger partial charge on any atom is 0.00187 e. The van der Waals surface area contributed by atoms with Gasteiger partial charge in [-0.1, -0.05) is 20.3 Å². The maximum absolute atomic E-state index is 3.30. The normalized spacial score (nSPS) is 21.3. The van der Waals surface area contributed by atoms with E-state index in [9.17, 15) is 0 Å². The fraction of sp³-hybridized carbons (Fsp3) is 1.00. The van der Waals surface area contributed by atoms with Crippen molar-refractivity contribution >= 4 is 11.8 Å². The summed E-state index contributed by atoms with van der Waals surface area (Å²) < 4.78 is 0. The Kier molecular flexibility index (Phi) is 4.31. The molecule has 0 aliphatic carbocycles. The summed E-state index contributed by atoms with van der Waals surface area (Å²) in [5.41, 5.74) is 0. The average molecular weight is 173 g/mol. The fourth-order valence-corrected chi connectivity index (χ4v) is 2.50. The SMILES string of the molecule is CCCC(C)SCC1CNC1. The van der Waals surface area contributed by atoms with Crippen LogP contribution < -0.4 is 5.32 Å². The second-order valence-electron chi connectivity index (χ2n) is 3.46. The lowest BCUT2D eigenvalue weighted by Crippen LogP contribution is -2.43. The topological polar surface area (TPSA) is 12.0 Å². The first-order valence-corrected chi connectivity index (χ1v) is 5.70. The van der Waals surface area contributed by atoms with Gasteiger partial charge >= 0.3 is 0 Å². The molecule has 0 aromatic rings. The Labute approximate surface area is 74.3 Å². The second-order valence-corrected chi connectivity index (χ2v) is 4.93. The van der Waals surface area contributed by atoms with E-state index in [0.29, 0.717) is 0 Å². The van der Waals surface area contributed by atoms with Crippen LogP contribution >= 0.6 is 11.8 Å². The molecule has 1 unspecified atom stereocenters. The van der Waals surface area contributed by atoms with Gasteiger partial charge in [0.05, 0.1) is 0 Å². The van der Waals surface area contributed by atoms with Crippen LogP contribution in [0.15, 0.2) is 0 Å². The van der Waals surface area contributed by atoms with E-state index in [2.05, 4.69) is 30.9 Å². The summed E-state index contributed by atoms with van der Waals surface area (Å²) in [5.74, 6) is 2.34. The van der Waals surface area contributed by atoms with Crippen molar-refractivity contribution in [1.82, 2.24) is 5.32 Å². The quantitative estimate of drug-likeness (QED) is 0.683. The first-order valence-electron chi connectivity index (χ1n) is 4.65. The van der Waals surface area contributed by atoms with Crippen molar-refractivity contribution in [3.8, 4) is 0 Å². The number of nitrogens with one attached hydrogen (secondary N) is 1. The summed E-state index contributed by atoms with van der Waals surface area (Å²) in [5, 5.41) is 4.18. The molecule has 1 N–H and O–H groups in total. The van der Waals surface area contributed by atoms with Crippen molar-refractivity contribution in [2.75, 3.05) is 18.8 Å². The minimum Gasteiger partial charge on any atom is -0.316 e. The molecule has 0 bridgehead atoms. The van der Waals surface area contributed by atoms with Crippen LogP contribution in [-0.4, -0.2) is 24.1 Å². The maximum atomic E-state index is 3.30. The predicted molar refractivity (Wildman–Crippen MR) is 53.2 cm³/mol. The van der Waals surface area contributed by atoms with Crippen molar-refractivity contribution in [2.45, 2.75) is 31.9 Å². The number of hydrogen-bond donors (Lipinski definition) is 1. The molecular formula is C9H19NS. The van der Waals surface area contributed by atoms with Gasteiger partial charge in [-0.25, -0.2) is 0 Å². The van der Waals surface area contributed by atoms with Crippen molar-refractivity contribution in [3.05, 3.63) is 0 Å². The Hall–Kier alpha value is 0.310. The molecule has 66 valence electrons. The van der Waals surface area contributed by atoms with Gasteiger partial charge in [-0.3, -0.25) is 0 Å². The van der Waals surface area contributed by atoms with Gasteiger partial charge in [-0.15, -0.1) is 0 Å². The molecule has 0 radical (unpaired) electrons. The Balaban J connectivity index is 1.92. The van der Waals surface area contributed by atoms with Gasteiger partial charge in [0.25, 0.3) is 0 Å². The van der Waals surface area contributed by atoms with Gasteiger partial charge in [0.2, 0.25) is 0 Å². The van der Waals surface area contributed by atoms with Crippen LogP contribution in [0.4, 0.5) is 0 Å². The number of rotatable bonds is 5. The monoisotopic (exact) mass is 173 g/mol. The molecule has 1 atom stereocenters. The summed E-state index contributed by atoms with van der Waals surface area (Å²) in [7, 11) is 0. The molecule has 1 fully saturated rings. The molecule has 1 heterocycles. The molecule has 0 saturated carbocycles. The standard InChI is InChI=1S/C9H19NS/c1-3-4-8(2)11-7-9-5-10-6-9/h8-10H,3-7H2,1-2H3.